The van der Waals surface area contributed by atoms with E-state index in [4.69, 9.17) is 0 Å². The molecule has 2 aliphatic carbocycles. The van der Waals surface area contributed by atoms with Gasteiger partial charge in [0.1, 0.15) is 0 Å². The summed E-state index contributed by atoms with van der Waals surface area (Å²) in [6.45, 7) is 6.45. The van der Waals surface area contributed by atoms with Gasteiger partial charge in [-0.15, -0.1) is 11.3 Å². The van der Waals surface area contributed by atoms with Gasteiger partial charge in [-0.1, -0.05) is 13.8 Å². The SMILES string of the molecule is CC(C)CC(C)NC(=O)C1=Cc2scnc2C2CC12.[HH]. The minimum atomic E-state index is 0. The van der Waals surface area contributed by atoms with E-state index in [1.165, 1.54) is 10.6 Å². The van der Waals surface area contributed by atoms with Crippen LogP contribution in [0.15, 0.2) is 11.1 Å². The van der Waals surface area contributed by atoms with E-state index in [2.05, 4.69) is 37.1 Å². The molecule has 0 saturated heterocycles. The average Bonchev–Trinajstić information content (AvgIpc) is 2.97. The van der Waals surface area contributed by atoms with Gasteiger partial charge in [-0.3, -0.25) is 4.79 Å². The molecule has 1 amide bonds. The highest BCUT2D eigenvalue weighted by molar-refractivity contribution is 7.10. The number of hydrogen-bond donors (Lipinski definition) is 1. The summed E-state index contributed by atoms with van der Waals surface area (Å²) in [6, 6.07) is 0.244. The van der Waals surface area contributed by atoms with Crippen molar-refractivity contribution < 1.29 is 6.22 Å². The largest absolute Gasteiger partial charge is 0.350 e. The van der Waals surface area contributed by atoms with E-state index >= 15 is 0 Å². The summed E-state index contributed by atoms with van der Waals surface area (Å²) in [6.07, 6.45) is 4.17. The smallest absolute Gasteiger partial charge is 0.247 e. The van der Waals surface area contributed by atoms with Crippen molar-refractivity contribution in [3.05, 3.63) is 21.7 Å². The second kappa shape index (κ2) is 4.75. The number of amides is 1. The maximum Gasteiger partial charge on any atom is 0.247 e. The fourth-order valence-electron chi connectivity index (χ4n) is 3.05. The molecule has 1 saturated carbocycles. The van der Waals surface area contributed by atoms with Crippen LogP contribution < -0.4 is 5.32 Å². The molecule has 3 nitrogen and oxygen atoms in total. The predicted molar refractivity (Wildman–Crippen MR) is 80.1 cm³/mol. The molecule has 1 aromatic rings. The Labute approximate surface area is 119 Å². The Kier molecular flexibility index (Phi) is 3.21. The monoisotopic (exact) mass is 278 g/mol. The summed E-state index contributed by atoms with van der Waals surface area (Å²) in [7, 11) is 0. The van der Waals surface area contributed by atoms with Crippen molar-refractivity contribution in [1.82, 2.24) is 10.3 Å². The molecule has 2 aliphatic rings. The Hall–Kier alpha value is -1.16. The number of hydrogen-bond acceptors (Lipinski definition) is 3. The van der Waals surface area contributed by atoms with Crippen LogP contribution in [-0.2, 0) is 4.79 Å². The van der Waals surface area contributed by atoms with E-state index in [-0.39, 0.29) is 13.4 Å². The molecule has 4 heteroatoms. The number of thiazole rings is 1. The number of nitrogens with zero attached hydrogens (tertiary/aromatic N) is 1. The molecule has 0 spiro atoms. The van der Waals surface area contributed by atoms with Gasteiger partial charge in [-0.2, -0.15) is 0 Å². The number of carbonyl (C=O) groups excluding carboxylic acids is 1. The fraction of sp³-hybridized carbons (Fsp3) is 0.600. The summed E-state index contributed by atoms with van der Waals surface area (Å²) < 4.78 is 0. The van der Waals surface area contributed by atoms with Crippen LogP contribution in [0.2, 0.25) is 0 Å². The molecule has 104 valence electrons. The molecule has 19 heavy (non-hydrogen) atoms. The lowest BCUT2D eigenvalue weighted by atomic mass is 9.99. The van der Waals surface area contributed by atoms with Crippen molar-refractivity contribution >= 4 is 23.3 Å². The molecule has 0 aliphatic heterocycles. The van der Waals surface area contributed by atoms with Crippen molar-refractivity contribution in [3.63, 3.8) is 0 Å². The van der Waals surface area contributed by atoms with Gasteiger partial charge in [0.2, 0.25) is 5.91 Å². The fourth-order valence-corrected chi connectivity index (χ4v) is 3.85. The molecule has 1 heterocycles. The molecule has 0 bridgehead atoms. The first kappa shape index (κ1) is 12.9. The Morgan fingerprint density at radius 1 is 1.53 bits per heavy atom. The highest BCUT2D eigenvalue weighted by Crippen LogP contribution is 2.56. The Balaban J connectivity index is 0.00000147. The van der Waals surface area contributed by atoms with Crippen LogP contribution >= 0.6 is 11.3 Å². The molecular weight excluding hydrogens is 256 g/mol. The quantitative estimate of drug-likeness (QED) is 0.916. The van der Waals surface area contributed by atoms with Gasteiger partial charge in [-0.05, 0) is 37.7 Å². The zero-order valence-corrected chi connectivity index (χ0v) is 12.5. The summed E-state index contributed by atoms with van der Waals surface area (Å²) in [4.78, 5) is 18.0. The normalized spacial score (nSPS) is 25.4. The summed E-state index contributed by atoms with van der Waals surface area (Å²) in [5.74, 6) is 1.66. The Morgan fingerprint density at radius 2 is 2.32 bits per heavy atom. The minimum absolute atomic E-state index is 0. The molecule has 0 radical (unpaired) electrons. The third-order valence-electron chi connectivity index (χ3n) is 3.92. The zero-order valence-electron chi connectivity index (χ0n) is 11.6. The van der Waals surface area contributed by atoms with E-state index in [9.17, 15) is 4.79 Å². The van der Waals surface area contributed by atoms with Crippen LogP contribution in [0.5, 0.6) is 0 Å². The minimum Gasteiger partial charge on any atom is -0.350 e. The van der Waals surface area contributed by atoms with E-state index in [1.807, 2.05) is 5.51 Å². The van der Waals surface area contributed by atoms with E-state index in [0.717, 1.165) is 18.4 Å². The number of rotatable bonds is 4. The van der Waals surface area contributed by atoms with Gasteiger partial charge in [0.25, 0.3) is 0 Å². The zero-order chi connectivity index (χ0) is 13.6. The van der Waals surface area contributed by atoms with Gasteiger partial charge in [-0.25, -0.2) is 4.98 Å². The van der Waals surface area contributed by atoms with Gasteiger partial charge in [0.05, 0.1) is 16.1 Å². The number of nitrogens with one attached hydrogen (secondary N) is 1. The van der Waals surface area contributed by atoms with E-state index in [1.54, 1.807) is 11.3 Å². The van der Waals surface area contributed by atoms with Gasteiger partial charge in [0, 0.05) is 19.0 Å². The molecule has 1 aromatic heterocycles. The summed E-state index contributed by atoms with van der Waals surface area (Å²) >= 11 is 1.64. The average molecular weight is 278 g/mol. The number of carbonyl (C=O) groups is 1. The molecule has 1 fully saturated rings. The first-order valence-corrected chi connectivity index (χ1v) is 7.90. The van der Waals surface area contributed by atoms with Crippen molar-refractivity contribution in [3.8, 4) is 0 Å². The molecule has 1 N–H and O–H groups in total. The number of fused-ring (bicyclic) bond motifs is 3. The van der Waals surface area contributed by atoms with E-state index < -0.39 is 0 Å². The Bertz CT molecular complexity index is 538. The molecule has 3 rings (SSSR count). The highest BCUT2D eigenvalue weighted by atomic mass is 32.1. The summed E-state index contributed by atoms with van der Waals surface area (Å²) in [5, 5.41) is 3.14. The van der Waals surface area contributed by atoms with Crippen LogP contribution in [0.3, 0.4) is 0 Å². The predicted octanol–water partition coefficient (Wildman–Crippen LogP) is 3.44. The second-order valence-electron chi connectivity index (χ2n) is 6.15. The molecule has 0 aromatic carbocycles. The lowest BCUT2D eigenvalue weighted by Crippen LogP contribution is -2.35. The topological polar surface area (TPSA) is 42.0 Å². The third-order valence-corrected chi connectivity index (χ3v) is 4.71. The molecular formula is C15H22N2OS. The van der Waals surface area contributed by atoms with Crippen LogP contribution in [0, 0.1) is 11.8 Å². The second-order valence-corrected chi connectivity index (χ2v) is 7.04. The first-order valence-electron chi connectivity index (χ1n) is 7.02. The lowest BCUT2D eigenvalue weighted by Gasteiger charge is -2.18. The van der Waals surface area contributed by atoms with Gasteiger partial charge in [0.15, 0.2) is 0 Å². The van der Waals surface area contributed by atoms with Crippen molar-refractivity contribution in [2.24, 2.45) is 11.8 Å². The van der Waals surface area contributed by atoms with Crippen molar-refractivity contribution in [2.45, 2.75) is 45.6 Å². The maximum atomic E-state index is 12.4. The standard InChI is InChI=1S/C15H20N2OS.H2/c1-8(2)4-9(3)17-15(18)12-6-13-14(16-7-19-13)11-5-10(11)12;/h6-11H,4-5H2,1-3H3,(H,17,18);1H. The number of aromatic nitrogens is 1. The van der Waals surface area contributed by atoms with Crippen molar-refractivity contribution in [1.29, 1.82) is 0 Å². The first-order chi connectivity index (χ1) is 9.06. The maximum absolute atomic E-state index is 12.4. The third kappa shape index (κ3) is 2.46. The lowest BCUT2D eigenvalue weighted by molar-refractivity contribution is -0.118. The van der Waals surface area contributed by atoms with E-state index in [0.29, 0.717) is 17.8 Å². The Morgan fingerprint density at radius 3 is 3.05 bits per heavy atom. The van der Waals surface area contributed by atoms with Crippen LogP contribution in [0.4, 0.5) is 0 Å². The summed E-state index contributed by atoms with van der Waals surface area (Å²) in [5.41, 5.74) is 4.07. The van der Waals surface area contributed by atoms with Crippen LogP contribution in [0.25, 0.3) is 6.08 Å². The van der Waals surface area contributed by atoms with Gasteiger partial charge >= 0.3 is 0 Å². The van der Waals surface area contributed by atoms with Crippen LogP contribution in [-0.4, -0.2) is 16.9 Å². The van der Waals surface area contributed by atoms with Gasteiger partial charge < -0.3 is 5.32 Å². The van der Waals surface area contributed by atoms with Crippen LogP contribution in [0.1, 0.15) is 51.5 Å². The highest BCUT2D eigenvalue weighted by Gasteiger charge is 2.48. The molecule has 3 atom stereocenters. The molecule has 3 unspecified atom stereocenters. The van der Waals surface area contributed by atoms with Crippen molar-refractivity contribution in [2.75, 3.05) is 0 Å².